The third kappa shape index (κ3) is 8.28. The fraction of sp³-hybridized carbons (Fsp3) is 0.417. The van der Waals surface area contributed by atoms with Crippen LogP contribution in [0.4, 0.5) is 10.1 Å². The van der Waals surface area contributed by atoms with Crippen molar-refractivity contribution in [3.8, 4) is 11.5 Å². The van der Waals surface area contributed by atoms with E-state index in [0.717, 1.165) is 0 Å². The second-order valence-corrected chi connectivity index (χ2v) is 8.18. The lowest BCUT2D eigenvalue weighted by molar-refractivity contribution is -0.155. The monoisotopic (exact) mass is 431 g/mol. The number of hydrogen-bond donors (Lipinski definition) is 1. The standard InChI is InChI=1S/C24H30FNO5/c1-16(27)23(17-8-10-18(25)11-9-17)26-19-13-20(29-5)15-21(14-19)30-12-6-7-22(28)31-24(2,3)4/h8-11,13-15,23,26H,6-7,12H2,1-5H3. The van der Waals surface area contributed by atoms with Crippen molar-refractivity contribution in [1.29, 1.82) is 0 Å². The van der Waals surface area contributed by atoms with Gasteiger partial charge in [-0.1, -0.05) is 12.1 Å². The van der Waals surface area contributed by atoms with Gasteiger partial charge < -0.3 is 19.5 Å². The summed E-state index contributed by atoms with van der Waals surface area (Å²) in [6.45, 7) is 7.26. The highest BCUT2D eigenvalue weighted by Crippen LogP contribution is 2.29. The molecule has 0 aromatic heterocycles. The minimum atomic E-state index is -0.646. The van der Waals surface area contributed by atoms with Gasteiger partial charge >= 0.3 is 5.97 Å². The predicted octanol–water partition coefficient (Wildman–Crippen LogP) is 5.08. The number of nitrogens with one attached hydrogen (secondary N) is 1. The molecule has 2 aromatic carbocycles. The van der Waals surface area contributed by atoms with E-state index < -0.39 is 11.6 Å². The zero-order valence-corrected chi connectivity index (χ0v) is 18.7. The average Bonchev–Trinajstić information content (AvgIpc) is 2.68. The Hall–Kier alpha value is -3.09. The molecule has 0 radical (unpaired) electrons. The first-order valence-corrected chi connectivity index (χ1v) is 10.1. The van der Waals surface area contributed by atoms with Crippen LogP contribution in [0.3, 0.4) is 0 Å². The number of carbonyl (C=O) groups excluding carboxylic acids is 2. The highest BCUT2D eigenvalue weighted by Gasteiger charge is 2.18. The van der Waals surface area contributed by atoms with Gasteiger partial charge in [-0.15, -0.1) is 0 Å². The maximum absolute atomic E-state index is 13.2. The predicted molar refractivity (Wildman–Crippen MR) is 117 cm³/mol. The molecular formula is C24H30FNO5. The lowest BCUT2D eigenvalue weighted by Crippen LogP contribution is -2.24. The van der Waals surface area contributed by atoms with Crippen molar-refractivity contribution in [2.75, 3.05) is 19.0 Å². The van der Waals surface area contributed by atoms with Crippen molar-refractivity contribution < 1.29 is 28.2 Å². The van der Waals surface area contributed by atoms with E-state index >= 15 is 0 Å². The maximum Gasteiger partial charge on any atom is 0.306 e. The number of methoxy groups -OCH3 is 1. The van der Waals surface area contributed by atoms with Crippen molar-refractivity contribution in [3.05, 3.63) is 53.8 Å². The van der Waals surface area contributed by atoms with E-state index in [9.17, 15) is 14.0 Å². The van der Waals surface area contributed by atoms with Gasteiger partial charge in [0.05, 0.1) is 13.7 Å². The second kappa shape index (κ2) is 10.8. The van der Waals surface area contributed by atoms with E-state index in [1.54, 1.807) is 30.3 Å². The topological polar surface area (TPSA) is 73.9 Å². The summed E-state index contributed by atoms with van der Waals surface area (Å²) in [6.07, 6.45) is 0.754. The molecule has 0 fully saturated rings. The molecule has 2 rings (SSSR count). The Kier molecular flexibility index (Phi) is 8.42. The summed E-state index contributed by atoms with van der Waals surface area (Å²) in [5, 5.41) is 3.16. The van der Waals surface area contributed by atoms with Crippen LogP contribution in [-0.4, -0.2) is 31.1 Å². The number of Topliss-reactive ketones (excluding diaryl/α,β-unsaturated/α-hetero) is 1. The van der Waals surface area contributed by atoms with Gasteiger partial charge in [0.15, 0.2) is 5.78 Å². The first-order chi connectivity index (χ1) is 14.6. The van der Waals surface area contributed by atoms with E-state index in [-0.39, 0.29) is 24.0 Å². The third-order valence-electron chi connectivity index (χ3n) is 4.25. The SMILES string of the molecule is COc1cc(NC(C(C)=O)c2ccc(F)cc2)cc(OCCCC(=O)OC(C)(C)C)c1. The van der Waals surface area contributed by atoms with Gasteiger partial charge in [-0.2, -0.15) is 0 Å². The van der Waals surface area contributed by atoms with Gasteiger partial charge in [-0.05, 0) is 51.8 Å². The molecule has 1 atom stereocenters. The number of ether oxygens (including phenoxy) is 3. The molecule has 6 nitrogen and oxygen atoms in total. The molecule has 1 unspecified atom stereocenters. The molecule has 0 bridgehead atoms. The highest BCUT2D eigenvalue weighted by atomic mass is 19.1. The van der Waals surface area contributed by atoms with Crippen molar-refractivity contribution in [2.24, 2.45) is 0 Å². The van der Waals surface area contributed by atoms with E-state index in [1.807, 2.05) is 20.8 Å². The van der Waals surface area contributed by atoms with Crippen molar-refractivity contribution in [3.63, 3.8) is 0 Å². The Morgan fingerprint density at radius 2 is 1.71 bits per heavy atom. The summed E-state index contributed by atoms with van der Waals surface area (Å²) in [4.78, 5) is 24.0. The zero-order valence-electron chi connectivity index (χ0n) is 18.7. The van der Waals surface area contributed by atoms with E-state index in [1.165, 1.54) is 26.2 Å². The second-order valence-electron chi connectivity index (χ2n) is 8.18. The van der Waals surface area contributed by atoms with Crippen LogP contribution in [0.5, 0.6) is 11.5 Å². The molecule has 2 aromatic rings. The minimum Gasteiger partial charge on any atom is -0.497 e. The Balaban J connectivity index is 2.04. The molecule has 7 heteroatoms. The summed E-state index contributed by atoms with van der Waals surface area (Å²) < 4.78 is 29.6. The van der Waals surface area contributed by atoms with Gasteiger partial charge in [-0.3, -0.25) is 9.59 Å². The molecule has 0 aliphatic carbocycles. The van der Waals surface area contributed by atoms with Crippen LogP contribution in [0, 0.1) is 5.82 Å². The molecular weight excluding hydrogens is 401 g/mol. The summed E-state index contributed by atoms with van der Waals surface area (Å²) in [6, 6.07) is 10.3. The van der Waals surface area contributed by atoms with Gasteiger partial charge in [-0.25, -0.2) is 4.39 Å². The highest BCUT2D eigenvalue weighted by molar-refractivity contribution is 5.86. The van der Waals surface area contributed by atoms with Gasteiger partial charge in [0, 0.05) is 30.3 Å². The number of esters is 1. The lowest BCUT2D eigenvalue weighted by atomic mass is 10.0. The van der Waals surface area contributed by atoms with Crippen molar-refractivity contribution in [2.45, 2.75) is 52.2 Å². The van der Waals surface area contributed by atoms with Gasteiger partial charge in [0.25, 0.3) is 0 Å². The summed E-state index contributed by atoms with van der Waals surface area (Å²) in [5.41, 5.74) is 0.755. The number of anilines is 1. The smallest absolute Gasteiger partial charge is 0.306 e. The van der Waals surface area contributed by atoms with Crippen molar-refractivity contribution >= 4 is 17.4 Å². The molecule has 31 heavy (non-hydrogen) atoms. The van der Waals surface area contributed by atoms with Crippen LogP contribution in [0.25, 0.3) is 0 Å². The third-order valence-corrected chi connectivity index (χ3v) is 4.25. The summed E-state index contributed by atoms with van der Waals surface area (Å²) in [7, 11) is 1.54. The Morgan fingerprint density at radius 1 is 1.06 bits per heavy atom. The number of halogens is 1. The molecule has 0 heterocycles. The first-order valence-electron chi connectivity index (χ1n) is 10.1. The van der Waals surface area contributed by atoms with Crippen LogP contribution in [0.15, 0.2) is 42.5 Å². The average molecular weight is 432 g/mol. The normalized spacial score (nSPS) is 12.1. The Labute approximate surface area is 182 Å². The molecule has 168 valence electrons. The van der Waals surface area contributed by atoms with Crippen molar-refractivity contribution in [1.82, 2.24) is 0 Å². The maximum atomic E-state index is 13.2. The quantitative estimate of drug-likeness (QED) is 0.418. The lowest BCUT2D eigenvalue weighted by Gasteiger charge is -2.20. The van der Waals surface area contributed by atoms with Crippen LogP contribution >= 0.6 is 0 Å². The minimum absolute atomic E-state index is 0.116. The molecule has 0 spiro atoms. The molecule has 0 saturated heterocycles. The fourth-order valence-corrected chi connectivity index (χ4v) is 2.90. The van der Waals surface area contributed by atoms with Crippen LogP contribution in [0.1, 0.15) is 52.1 Å². The molecule has 1 N–H and O–H groups in total. The number of benzene rings is 2. The Morgan fingerprint density at radius 3 is 2.29 bits per heavy atom. The van der Waals surface area contributed by atoms with Gasteiger partial charge in [0.1, 0.15) is 29.0 Å². The first kappa shape index (κ1) is 24.2. The number of hydrogen-bond acceptors (Lipinski definition) is 6. The fourth-order valence-electron chi connectivity index (χ4n) is 2.90. The number of carbonyl (C=O) groups is 2. The van der Waals surface area contributed by atoms with E-state index in [2.05, 4.69) is 5.32 Å². The molecule has 0 aliphatic heterocycles. The van der Waals surface area contributed by atoms with E-state index in [0.29, 0.717) is 35.8 Å². The zero-order chi connectivity index (χ0) is 23.0. The van der Waals surface area contributed by atoms with Crippen LogP contribution < -0.4 is 14.8 Å². The van der Waals surface area contributed by atoms with Crippen LogP contribution in [-0.2, 0) is 14.3 Å². The van der Waals surface area contributed by atoms with E-state index in [4.69, 9.17) is 14.2 Å². The molecule has 0 amide bonds. The van der Waals surface area contributed by atoms with Gasteiger partial charge in [0.2, 0.25) is 0 Å². The molecule has 0 aliphatic rings. The largest absolute Gasteiger partial charge is 0.497 e. The number of ketones is 1. The van der Waals surface area contributed by atoms with Crippen LogP contribution in [0.2, 0.25) is 0 Å². The Bertz CT molecular complexity index is 890. The summed E-state index contributed by atoms with van der Waals surface area (Å²) >= 11 is 0. The summed E-state index contributed by atoms with van der Waals surface area (Å²) in [5.74, 6) is 0.331. The molecule has 0 saturated carbocycles. The number of rotatable bonds is 10.